The summed E-state index contributed by atoms with van der Waals surface area (Å²) < 4.78 is 11.5. The lowest BCUT2D eigenvalue weighted by atomic mass is 10.1. The summed E-state index contributed by atoms with van der Waals surface area (Å²) in [5.41, 5.74) is 0.736. The average molecular weight is 459 g/mol. The summed E-state index contributed by atoms with van der Waals surface area (Å²) in [7, 11) is 0. The number of non-ortho nitro benzene ring substituents is 1. The van der Waals surface area contributed by atoms with E-state index in [-0.39, 0.29) is 22.9 Å². The summed E-state index contributed by atoms with van der Waals surface area (Å²) in [5.74, 6) is -0.294. The Morgan fingerprint density at radius 2 is 1.90 bits per heavy atom. The van der Waals surface area contributed by atoms with E-state index in [4.69, 9.17) is 21.7 Å². The first-order valence-corrected chi connectivity index (χ1v) is 10.5. The van der Waals surface area contributed by atoms with Crippen LogP contribution in [0.4, 0.5) is 5.69 Å². The summed E-state index contributed by atoms with van der Waals surface area (Å²) >= 11 is 6.45. The van der Waals surface area contributed by atoms with Gasteiger partial charge in [-0.15, -0.1) is 0 Å². The molecule has 3 rings (SSSR count). The largest absolute Gasteiger partial charge is 0.490 e. The molecule has 1 heterocycles. The monoisotopic (exact) mass is 458 g/mol. The number of rotatable bonds is 7. The third-order valence-electron chi connectivity index (χ3n) is 4.27. The predicted octanol–water partition coefficient (Wildman–Crippen LogP) is 4.43. The number of hydrogen-bond acceptors (Lipinski definition) is 8. The Labute approximate surface area is 188 Å². The summed E-state index contributed by atoms with van der Waals surface area (Å²) in [6.07, 6.45) is 1.71. The number of carbonyl (C=O) groups excluding carboxylic acids is 2. The molecule has 8 nitrogen and oxygen atoms in total. The lowest BCUT2D eigenvalue weighted by Crippen LogP contribution is -2.27. The molecule has 1 aliphatic heterocycles. The number of benzene rings is 2. The first kappa shape index (κ1) is 22.4. The molecule has 0 bridgehead atoms. The molecule has 0 unspecified atom stereocenters. The van der Waals surface area contributed by atoms with Crippen LogP contribution in [0.25, 0.3) is 6.08 Å². The highest BCUT2D eigenvalue weighted by atomic mass is 32.2. The highest BCUT2D eigenvalue weighted by Crippen LogP contribution is 2.35. The van der Waals surface area contributed by atoms with Crippen molar-refractivity contribution in [2.24, 2.45) is 0 Å². The van der Waals surface area contributed by atoms with Crippen molar-refractivity contribution in [1.29, 1.82) is 0 Å². The fraction of sp³-hybridized carbons (Fsp3) is 0.190. The van der Waals surface area contributed by atoms with Crippen LogP contribution >= 0.6 is 24.0 Å². The number of hydrogen-bond donors (Lipinski definition) is 0. The van der Waals surface area contributed by atoms with E-state index in [1.807, 2.05) is 6.92 Å². The van der Waals surface area contributed by atoms with Gasteiger partial charge in [0.15, 0.2) is 11.5 Å². The zero-order chi connectivity index (χ0) is 22.5. The maximum atomic E-state index is 12.4. The van der Waals surface area contributed by atoms with Crippen molar-refractivity contribution >= 4 is 51.9 Å². The van der Waals surface area contributed by atoms with Crippen LogP contribution in [-0.4, -0.2) is 39.2 Å². The Morgan fingerprint density at radius 3 is 2.48 bits per heavy atom. The molecule has 0 N–H and O–H groups in total. The molecule has 0 spiro atoms. The first-order valence-electron chi connectivity index (χ1n) is 9.32. The van der Waals surface area contributed by atoms with Gasteiger partial charge in [0.05, 0.1) is 22.0 Å². The summed E-state index contributed by atoms with van der Waals surface area (Å²) in [6.45, 7) is 4.49. The second kappa shape index (κ2) is 9.71. The van der Waals surface area contributed by atoms with E-state index in [0.29, 0.717) is 33.7 Å². The molecule has 2 aromatic carbocycles. The minimum absolute atomic E-state index is 0.121. The summed E-state index contributed by atoms with van der Waals surface area (Å²) in [4.78, 5) is 37.1. The average Bonchev–Trinajstić information content (AvgIpc) is 3.02. The molecule has 0 saturated carbocycles. The lowest BCUT2D eigenvalue weighted by Gasteiger charge is -2.12. The molecular formula is C21H18N2O6S2. The highest BCUT2D eigenvalue weighted by Gasteiger charge is 2.30. The number of carbonyl (C=O) groups is 2. The fourth-order valence-electron chi connectivity index (χ4n) is 2.77. The standard InChI is InChI=1S/C21H18N2O6S2/c1-3-22-19(24)18(31-21(22)30)12-13-5-10-16(17(11-13)28-4-2)29-20(25)14-6-8-15(9-7-14)23(26)27/h5-12H,3-4H2,1-2H3/b18-12+. The minimum atomic E-state index is -0.674. The number of likely N-dealkylation sites (N-methyl/N-ethyl adjacent to an activating group) is 1. The number of thiocarbonyl (C=S) groups is 1. The van der Waals surface area contributed by atoms with Crippen molar-refractivity contribution in [3.8, 4) is 11.5 Å². The molecule has 0 atom stereocenters. The topological polar surface area (TPSA) is 99.0 Å². The number of esters is 1. The summed E-state index contributed by atoms with van der Waals surface area (Å²) in [5, 5.41) is 10.8. The molecule has 1 saturated heterocycles. The van der Waals surface area contributed by atoms with Gasteiger partial charge in [-0.1, -0.05) is 30.0 Å². The maximum Gasteiger partial charge on any atom is 0.343 e. The van der Waals surface area contributed by atoms with Gasteiger partial charge in [-0.3, -0.25) is 19.8 Å². The second-order valence-corrected chi connectivity index (χ2v) is 7.93. The highest BCUT2D eigenvalue weighted by molar-refractivity contribution is 8.26. The zero-order valence-electron chi connectivity index (χ0n) is 16.7. The van der Waals surface area contributed by atoms with Crippen molar-refractivity contribution in [2.45, 2.75) is 13.8 Å². The van der Waals surface area contributed by atoms with Gasteiger partial charge < -0.3 is 9.47 Å². The van der Waals surface area contributed by atoms with Gasteiger partial charge in [-0.05, 0) is 49.8 Å². The summed E-state index contributed by atoms with van der Waals surface area (Å²) in [6, 6.07) is 10.0. The van der Waals surface area contributed by atoms with Crippen molar-refractivity contribution in [3.05, 3.63) is 68.6 Å². The molecule has 0 radical (unpaired) electrons. The molecule has 0 aliphatic carbocycles. The van der Waals surface area contributed by atoms with Crippen LogP contribution in [0.15, 0.2) is 47.4 Å². The van der Waals surface area contributed by atoms with Gasteiger partial charge >= 0.3 is 5.97 Å². The molecule has 1 amide bonds. The van der Waals surface area contributed by atoms with Crippen LogP contribution in [0.5, 0.6) is 11.5 Å². The Bertz CT molecular complexity index is 1080. The van der Waals surface area contributed by atoms with Gasteiger partial charge in [-0.2, -0.15) is 0 Å². The molecule has 0 aromatic heterocycles. The minimum Gasteiger partial charge on any atom is -0.490 e. The van der Waals surface area contributed by atoms with Crippen LogP contribution in [-0.2, 0) is 4.79 Å². The smallest absolute Gasteiger partial charge is 0.343 e. The number of amides is 1. The van der Waals surface area contributed by atoms with Gasteiger partial charge in [-0.25, -0.2) is 4.79 Å². The molecule has 31 heavy (non-hydrogen) atoms. The van der Waals surface area contributed by atoms with Crippen molar-refractivity contribution in [3.63, 3.8) is 0 Å². The van der Waals surface area contributed by atoms with E-state index in [9.17, 15) is 19.7 Å². The van der Waals surface area contributed by atoms with Crippen molar-refractivity contribution < 1.29 is 24.0 Å². The van der Waals surface area contributed by atoms with E-state index in [2.05, 4.69) is 0 Å². The van der Waals surface area contributed by atoms with E-state index < -0.39 is 10.9 Å². The van der Waals surface area contributed by atoms with Gasteiger partial charge in [0, 0.05) is 18.7 Å². The Balaban J connectivity index is 1.83. The fourth-order valence-corrected chi connectivity index (χ4v) is 4.15. The van der Waals surface area contributed by atoms with Crippen LogP contribution < -0.4 is 9.47 Å². The SMILES string of the molecule is CCOc1cc(/C=C2/SC(=S)N(CC)C2=O)ccc1OC(=O)c1ccc([N+](=O)[O-])cc1. The third kappa shape index (κ3) is 5.09. The molecule has 2 aromatic rings. The Hall–Kier alpha value is -3.24. The molecule has 10 heteroatoms. The van der Waals surface area contributed by atoms with Crippen molar-refractivity contribution in [2.75, 3.05) is 13.2 Å². The van der Waals surface area contributed by atoms with E-state index >= 15 is 0 Å². The number of nitro benzene ring substituents is 1. The Kier molecular flexibility index (Phi) is 7.03. The number of thioether (sulfide) groups is 1. The quantitative estimate of drug-likeness (QED) is 0.150. The number of ether oxygens (including phenoxy) is 2. The van der Waals surface area contributed by atoms with Gasteiger partial charge in [0.2, 0.25) is 0 Å². The van der Waals surface area contributed by atoms with Gasteiger partial charge in [0.1, 0.15) is 4.32 Å². The normalized spacial score (nSPS) is 14.8. The third-order valence-corrected chi connectivity index (χ3v) is 5.65. The predicted molar refractivity (Wildman–Crippen MR) is 121 cm³/mol. The van der Waals surface area contributed by atoms with Gasteiger partial charge in [0.25, 0.3) is 11.6 Å². The lowest BCUT2D eigenvalue weighted by molar-refractivity contribution is -0.384. The number of nitrogens with zero attached hydrogens (tertiary/aromatic N) is 2. The van der Waals surface area contributed by atoms with Crippen LogP contribution in [0, 0.1) is 10.1 Å². The molecule has 1 fully saturated rings. The molecule has 1 aliphatic rings. The van der Waals surface area contributed by atoms with Crippen LogP contribution in [0.3, 0.4) is 0 Å². The maximum absolute atomic E-state index is 12.4. The second-order valence-electron chi connectivity index (χ2n) is 6.26. The first-order chi connectivity index (χ1) is 14.8. The van der Waals surface area contributed by atoms with Crippen molar-refractivity contribution in [1.82, 2.24) is 4.90 Å². The molecule has 160 valence electrons. The number of nitro groups is 1. The van der Waals surface area contributed by atoms with E-state index in [1.165, 1.54) is 40.9 Å². The van der Waals surface area contributed by atoms with Crippen LogP contribution in [0.1, 0.15) is 29.8 Å². The van der Waals surface area contributed by atoms with Crippen LogP contribution in [0.2, 0.25) is 0 Å². The van der Waals surface area contributed by atoms with E-state index in [1.54, 1.807) is 31.2 Å². The van der Waals surface area contributed by atoms with E-state index in [0.717, 1.165) is 0 Å². The zero-order valence-corrected chi connectivity index (χ0v) is 18.3. The molecular weight excluding hydrogens is 440 g/mol. The Morgan fingerprint density at radius 1 is 1.19 bits per heavy atom.